The molecule has 0 saturated heterocycles. The molecule has 0 spiro atoms. The minimum Gasteiger partial charge on any atom is -0.307 e. The number of fused-ring (bicyclic) bond motifs is 13. The van der Waals surface area contributed by atoms with Crippen LogP contribution in [0.5, 0.6) is 0 Å². The van der Waals surface area contributed by atoms with E-state index in [0.717, 1.165) is 32.9 Å². The number of hydrogen-bond acceptors (Lipinski definition) is 3. The van der Waals surface area contributed by atoms with Crippen molar-refractivity contribution in [2.45, 2.75) is 0 Å². The van der Waals surface area contributed by atoms with Crippen molar-refractivity contribution >= 4 is 70.7 Å². The van der Waals surface area contributed by atoms with Crippen LogP contribution >= 0.6 is 0 Å². The van der Waals surface area contributed by atoms with Gasteiger partial charge in [0.2, 0.25) is 5.95 Å². The predicted octanol–water partition coefficient (Wildman–Crippen LogP) is 10.6. The first-order valence-corrected chi connectivity index (χ1v) is 16.2. The van der Waals surface area contributed by atoms with Gasteiger partial charge >= 0.3 is 0 Å². The fourth-order valence-electron chi connectivity index (χ4n) is 7.95. The van der Waals surface area contributed by atoms with Crippen LogP contribution in [0, 0.1) is 0 Å². The summed E-state index contributed by atoms with van der Waals surface area (Å²) >= 11 is 0. The highest BCUT2D eigenvalue weighted by molar-refractivity contribution is 6.39. The molecule has 0 aliphatic rings. The Labute approximate surface area is 274 Å². The third-order valence-corrected chi connectivity index (χ3v) is 9.88. The normalized spacial score (nSPS) is 12.2. The number of aromatic nitrogens is 5. The van der Waals surface area contributed by atoms with E-state index in [-0.39, 0.29) is 0 Å². The molecule has 0 aliphatic carbocycles. The zero-order valence-corrected chi connectivity index (χ0v) is 25.7. The number of benzene rings is 7. The molecule has 5 nitrogen and oxygen atoms in total. The highest BCUT2D eigenvalue weighted by Gasteiger charge is 2.26. The molecule has 0 saturated carbocycles. The molecular weight excluding hydrogens is 587 g/mol. The Morgan fingerprint density at radius 3 is 1.56 bits per heavy atom. The second-order valence-electron chi connectivity index (χ2n) is 12.4. The lowest BCUT2D eigenvalue weighted by atomic mass is 9.98. The Kier molecular flexibility index (Phi) is 5.05. The van der Waals surface area contributed by atoms with Crippen LogP contribution < -0.4 is 0 Å². The lowest BCUT2D eigenvalue weighted by molar-refractivity contribution is 0.955. The van der Waals surface area contributed by atoms with Crippen molar-refractivity contribution in [2.24, 2.45) is 0 Å². The van der Waals surface area contributed by atoms with Crippen LogP contribution in [0.1, 0.15) is 0 Å². The van der Waals surface area contributed by atoms with Crippen LogP contribution in [0.4, 0.5) is 0 Å². The summed E-state index contributed by atoms with van der Waals surface area (Å²) in [4.78, 5) is 15.5. The van der Waals surface area contributed by atoms with Crippen molar-refractivity contribution in [1.82, 2.24) is 23.9 Å². The van der Waals surface area contributed by atoms with Gasteiger partial charge in [0, 0.05) is 48.8 Å². The largest absolute Gasteiger partial charge is 0.307 e. The van der Waals surface area contributed by atoms with Gasteiger partial charge in [-0.3, -0.25) is 4.57 Å². The molecule has 48 heavy (non-hydrogen) atoms. The van der Waals surface area contributed by atoms with E-state index in [2.05, 4.69) is 124 Å². The number of hydrogen-bond donors (Lipinski definition) is 0. The summed E-state index contributed by atoms with van der Waals surface area (Å²) in [5.41, 5.74) is 7.73. The summed E-state index contributed by atoms with van der Waals surface area (Å²) in [6.07, 6.45) is 0. The fraction of sp³-hybridized carbons (Fsp3) is 0. The van der Waals surface area contributed by atoms with Gasteiger partial charge in [0.1, 0.15) is 0 Å². The quantitative estimate of drug-likeness (QED) is 0.200. The second kappa shape index (κ2) is 9.47. The van der Waals surface area contributed by atoms with Crippen LogP contribution in [-0.4, -0.2) is 23.9 Å². The molecule has 0 atom stereocenters. The molecule has 0 unspecified atom stereocenters. The first-order valence-electron chi connectivity index (χ1n) is 16.2. The number of rotatable bonds is 3. The van der Waals surface area contributed by atoms with E-state index in [0.29, 0.717) is 17.6 Å². The SMILES string of the molecule is c1ccc(-c2nc(-c3ccccc3)nc(-n3c4ccccc4c4c3c3ccccc3c3c5cccc6c7ccccc7n(c65)c34)n2)cc1. The Balaban J connectivity index is 1.39. The molecule has 4 aromatic heterocycles. The Hall–Kier alpha value is -6.59. The summed E-state index contributed by atoms with van der Waals surface area (Å²) < 4.78 is 4.76. The van der Waals surface area contributed by atoms with E-state index in [1.807, 2.05) is 36.4 Å². The van der Waals surface area contributed by atoms with Crippen molar-refractivity contribution in [3.05, 3.63) is 152 Å². The average Bonchev–Trinajstić information content (AvgIpc) is 3.81. The molecule has 0 radical (unpaired) electrons. The van der Waals surface area contributed by atoms with E-state index in [4.69, 9.17) is 15.0 Å². The van der Waals surface area contributed by atoms with Crippen molar-refractivity contribution in [3.63, 3.8) is 0 Å². The molecule has 11 aromatic rings. The van der Waals surface area contributed by atoms with Crippen molar-refractivity contribution in [1.29, 1.82) is 0 Å². The maximum absolute atomic E-state index is 5.22. The van der Waals surface area contributed by atoms with Gasteiger partial charge in [0.05, 0.1) is 27.6 Å². The van der Waals surface area contributed by atoms with Crippen molar-refractivity contribution in [3.8, 4) is 28.7 Å². The van der Waals surface area contributed by atoms with E-state index in [1.165, 1.54) is 48.9 Å². The minimum absolute atomic E-state index is 0.594. The molecule has 0 N–H and O–H groups in total. The van der Waals surface area contributed by atoms with Gasteiger partial charge in [-0.05, 0) is 17.5 Å². The van der Waals surface area contributed by atoms with Crippen LogP contribution in [0.15, 0.2) is 152 Å². The molecular formula is C43H25N5. The molecule has 5 heteroatoms. The zero-order chi connectivity index (χ0) is 31.3. The van der Waals surface area contributed by atoms with Gasteiger partial charge in [0.15, 0.2) is 11.6 Å². The van der Waals surface area contributed by atoms with Gasteiger partial charge < -0.3 is 4.40 Å². The van der Waals surface area contributed by atoms with Crippen LogP contribution in [0.25, 0.3) is 99.4 Å². The predicted molar refractivity (Wildman–Crippen MR) is 197 cm³/mol. The first kappa shape index (κ1) is 25.6. The Bertz CT molecular complexity index is 2980. The fourth-order valence-corrected chi connectivity index (χ4v) is 7.95. The standard InChI is InChI=1S/C43H25N5/c1-3-14-26(15-4-1)41-44-42(27-16-5-2-6-17-27)46-43(45-41)48-35-25-12-10-21-32(35)37-39(48)31-20-8-7-19-29(31)36-33-23-13-22-30-28-18-9-11-24-34(28)47(38(30)33)40(36)37/h1-25H. The van der Waals surface area contributed by atoms with Gasteiger partial charge in [-0.25, -0.2) is 4.98 Å². The molecule has 0 bridgehead atoms. The Morgan fingerprint density at radius 2 is 0.854 bits per heavy atom. The molecule has 7 aromatic carbocycles. The highest BCUT2D eigenvalue weighted by atomic mass is 15.2. The summed E-state index contributed by atoms with van der Waals surface area (Å²) in [6, 6.07) is 53.4. The highest BCUT2D eigenvalue weighted by Crippen LogP contribution is 2.48. The monoisotopic (exact) mass is 611 g/mol. The van der Waals surface area contributed by atoms with Crippen molar-refractivity contribution in [2.75, 3.05) is 0 Å². The van der Waals surface area contributed by atoms with Gasteiger partial charge in [0.25, 0.3) is 0 Å². The summed E-state index contributed by atoms with van der Waals surface area (Å²) in [5.74, 6) is 1.87. The van der Waals surface area contributed by atoms with Crippen molar-refractivity contribution < 1.29 is 0 Å². The van der Waals surface area contributed by atoms with E-state index in [9.17, 15) is 0 Å². The van der Waals surface area contributed by atoms with Gasteiger partial charge in [-0.1, -0.05) is 140 Å². The maximum Gasteiger partial charge on any atom is 0.238 e. The number of nitrogens with zero attached hydrogens (tertiary/aromatic N) is 5. The van der Waals surface area contributed by atoms with E-state index < -0.39 is 0 Å². The van der Waals surface area contributed by atoms with Crippen LogP contribution in [-0.2, 0) is 0 Å². The van der Waals surface area contributed by atoms with E-state index >= 15 is 0 Å². The maximum atomic E-state index is 5.22. The smallest absolute Gasteiger partial charge is 0.238 e. The summed E-state index contributed by atoms with van der Waals surface area (Å²) in [5, 5.41) is 9.82. The molecule has 222 valence electrons. The lowest BCUT2D eigenvalue weighted by Gasteiger charge is -2.12. The van der Waals surface area contributed by atoms with E-state index in [1.54, 1.807) is 0 Å². The second-order valence-corrected chi connectivity index (χ2v) is 12.4. The van der Waals surface area contributed by atoms with Crippen LogP contribution in [0.2, 0.25) is 0 Å². The molecule has 4 heterocycles. The van der Waals surface area contributed by atoms with Gasteiger partial charge in [-0.15, -0.1) is 0 Å². The molecule has 0 fully saturated rings. The topological polar surface area (TPSA) is 48.0 Å². The molecule has 11 rings (SSSR count). The molecule has 0 amide bonds. The zero-order valence-electron chi connectivity index (χ0n) is 25.7. The summed E-state index contributed by atoms with van der Waals surface area (Å²) in [7, 11) is 0. The van der Waals surface area contributed by atoms with Gasteiger partial charge in [-0.2, -0.15) is 9.97 Å². The first-order chi connectivity index (χ1) is 23.8. The average molecular weight is 612 g/mol. The lowest BCUT2D eigenvalue weighted by Crippen LogP contribution is -2.06. The van der Waals surface area contributed by atoms with Crippen LogP contribution in [0.3, 0.4) is 0 Å². The minimum atomic E-state index is 0.594. The summed E-state index contributed by atoms with van der Waals surface area (Å²) in [6.45, 7) is 0. The third kappa shape index (κ3) is 3.32. The third-order valence-electron chi connectivity index (χ3n) is 9.88. The number of para-hydroxylation sites is 3. The Morgan fingerprint density at radius 1 is 0.333 bits per heavy atom. The molecule has 0 aliphatic heterocycles.